The average molecular weight is 289 g/mol. The summed E-state index contributed by atoms with van der Waals surface area (Å²) in [6, 6.07) is 17.8. The number of benzene rings is 2. The lowest BCUT2D eigenvalue weighted by atomic mass is 9.80. The van der Waals surface area contributed by atoms with Crippen molar-refractivity contribution in [2.75, 3.05) is 11.9 Å². The number of hydrogen-bond acceptors (Lipinski definition) is 2. The molecule has 3 aromatic rings. The first-order valence-corrected chi connectivity index (χ1v) is 7.99. The molecule has 1 aromatic heterocycles. The van der Waals surface area contributed by atoms with E-state index in [1.165, 1.54) is 33.4 Å². The second-order valence-corrected chi connectivity index (χ2v) is 6.58. The summed E-state index contributed by atoms with van der Waals surface area (Å²) in [6.07, 6.45) is 1.07. The standard InChI is InChI=1S/C19H19N3/c1-12-10-14-13-6-2-4-8-16(13)21-18(14)19(22-12)11-20-17-9-5-3-7-15(17)19/h2-9,12,20-22H,10-11H2,1H3/t12-,19+/m0/s1. The van der Waals surface area contributed by atoms with Crippen LogP contribution in [0.5, 0.6) is 0 Å². The highest BCUT2D eigenvalue weighted by molar-refractivity contribution is 5.86. The number of nitrogens with one attached hydrogen (secondary N) is 3. The summed E-state index contributed by atoms with van der Waals surface area (Å²) in [5.74, 6) is 0. The van der Waals surface area contributed by atoms with Gasteiger partial charge < -0.3 is 10.3 Å². The van der Waals surface area contributed by atoms with Crippen molar-refractivity contribution in [2.45, 2.75) is 24.9 Å². The molecular formula is C19H19N3. The zero-order valence-corrected chi connectivity index (χ0v) is 12.6. The molecule has 110 valence electrons. The Hall–Kier alpha value is -2.26. The fraction of sp³-hybridized carbons (Fsp3) is 0.263. The van der Waals surface area contributed by atoms with Gasteiger partial charge in [0, 0.05) is 40.4 Å². The molecule has 22 heavy (non-hydrogen) atoms. The maximum atomic E-state index is 3.87. The molecule has 0 unspecified atom stereocenters. The third-order valence-electron chi connectivity index (χ3n) is 5.17. The average Bonchev–Trinajstić information content (AvgIpc) is 3.08. The van der Waals surface area contributed by atoms with E-state index in [1.807, 2.05) is 0 Å². The monoisotopic (exact) mass is 289 g/mol. The Kier molecular flexibility index (Phi) is 2.32. The molecular weight excluding hydrogens is 270 g/mol. The van der Waals surface area contributed by atoms with Gasteiger partial charge in [0.1, 0.15) is 5.54 Å². The van der Waals surface area contributed by atoms with Crippen LogP contribution < -0.4 is 10.6 Å². The predicted molar refractivity (Wildman–Crippen MR) is 90.3 cm³/mol. The molecule has 2 aliphatic heterocycles. The van der Waals surface area contributed by atoms with E-state index in [-0.39, 0.29) is 5.54 Å². The SMILES string of the molecule is C[C@H]1Cc2c([nH]c3ccccc23)[C@]2(CNc3ccccc32)N1. The van der Waals surface area contributed by atoms with Gasteiger partial charge in [0.15, 0.2) is 0 Å². The Morgan fingerprint density at radius 1 is 1.05 bits per heavy atom. The highest BCUT2D eigenvalue weighted by Crippen LogP contribution is 2.45. The van der Waals surface area contributed by atoms with Crippen molar-refractivity contribution in [1.82, 2.24) is 10.3 Å². The first-order valence-electron chi connectivity index (χ1n) is 7.99. The van der Waals surface area contributed by atoms with Gasteiger partial charge in [-0.25, -0.2) is 0 Å². The second kappa shape index (κ2) is 4.14. The van der Waals surface area contributed by atoms with Crippen LogP contribution in [-0.4, -0.2) is 17.6 Å². The minimum atomic E-state index is -0.136. The molecule has 0 aliphatic carbocycles. The van der Waals surface area contributed by atoms with Crippen molar-refractivity contribution in [3.05, 3.63) is 65.4 Å². The van der Waals surface area contributed by atoms with Crippen molar-refractivity contribution in [3.8, 4) is 0 Å². The molecule has 0 saturated carbocycles. The number of H-pyrrole nitrogens is 1. The van der Waals surface area contributed by atoms with E-state index in [2.05, 4.69) is 71.1 Å². The summed E-state index contributed by atoms with van der Waals surface area (Å²) in [5, 5.41) is 8.83. The van der Waals surface area contributed by atoms with E-state index >= 15 is 0 Å². The van der Waals surface area contributed by atoms with E-state index in [1.54, 1.807) is 0 Å². The molecule has 5 rings (SSSR count). The van der Waals surface area contributed by atoms with Crippen molar-refractivity contribution in [2.24, 2.45) is 0 Å². The smallest absolute Gasteiger partial charge is 0.104 e. The van der Waals surface area contributed by atoms with Crippen LogP contribution in [0.3, 0.4) is 0 Å². The summed E-state index contributed by atoms with van der Waals surface area (Å²) in [4.78, 5) is 3.71. The quantitative estimate of drug-likeness (QED) is 0.594. The Bertz CT molecular complexity index is 879. The molecule has 2 aliphatic rings. The topological polar surface area (TPSA) is 39.9 Å². The Balaban J connectivity index is 1.84. The van der Waals surface area contributed by atoms with Gasteiger partial charge in [-0.1, -0.05) is 36.4 Å². The Labute approximate surface area is 129 Å². The zero-order valence-electron chi connectivity index (χ0n) is 12.6. The van der Waals surface area contributed by atoms with Gasteiger partial charge >= 0.3 is 0 Å². The van der Waals surface area contributed by atoms with E-state index in [4.69, 9.17) is 0 Å². The molecule has 0 saturated heterocycles. The highest BCUT2D eigenvalue weighted by atomic mass is 15.1. The van der Waals surface area contributed by atoms with Crippen LogP contribution in [0.1, 0.15) is 23.7 Å². The van der Waals surface area contributed by atoms with Gasteiger partial charge in [-0.2, -0.15) is 0 Å². The van der Waals surface area contributed by atoms with E-state index in [0.29, 0.717) is 6.04 Å². The van der Waals surface area contributed by atoms with Crippen LogP contribution in [0.15, 0.2) is 48.5 Å². The van der Waals surface area contributed by atoms with Crippen LogP contribution >= 0.6 is 0 Å². The lowest BCUT2D eigenvalue weighted by Gasteiger charge is -2.38. The number of aromatic amines is 1. The third kappa shape index (κ3) is 1.44. The third-order valence-corrected chi connectivity index (χ3v) is 5.17. The van der Waals surface area contributed by atoms with E-state index in [0.717, 1.165) is 13.0 Å². The van der Waals surface area contributed by atoms with Crippen molar-refractivity contribution >= 4 is 16.6 Å². The molecule has 2 aromatic carbocycles. The maximum absolute atomic E-state index is 3.87. The predicted octanol–water partition coefficient (Wildman–Crippen LogP) is 3.37. The normalized spacial score (nSPS) is 26.0. The van der Waals surface area contributed by atoms with Gasteiger partial charge in [-0.3, -0.25) is 5.32 Å². The van der Waals surface area contributed by atoms with Crippen molar-refractivity contribution in [3.63, 3.8) is 0 Å². The minimum absolute atomic E-state index is 0.136. The lowest BCUT2D eigenvalue weighted by molar-refractivity contribution is 0.345. The van der Waals surface area contributed by atoms with Crippen LogP contribution in [0, 0.1) is 0 Å². The van der Waals surface area contributed by atoms with Crippen molar-refractivity contribution < 1.29 is 0 Å². The molecule has 2 atom stereocenters. The maximum Gasteiger partial charge on any atom is 0.104 e. The van der Waals surface area contributed by atoms with Crippen LogP contribution in [0.25, 0.3) is 10.9 Å². The largest absolute Gasteiger partial charge is 0.382 e. The zero-order chi connectivity index (χ0) is 14.7. The Morgan fingerprint density at radius 3 is 2.82 bits per heavy atom. The molecule has 3 heterocycles. The number of rotatable bonds is 0. The summed E-state index contributed by atoms with van der Waals surface area (Å²) >= 11 is 0. The number of fused-ring (bicyclic) bond motifs is 6. The first-order chi connectivity index (χ1) is 10.8. The molecule has 0 fully saturated rings. The number of hydrogen-bond donors (Lipinski definition) is 3. The summed E-state index contributed by atoms with van der Waals surface area (Å²) in [7, 11) is 0. The molecule has 3 nitrogen and oxygen atoms in total. The molecule has 0 bridgehead atoms. The first kappa shape index (κ1) is 12.3. The molecule has 0 amide bonds. The van der Waals surface area contributed by atoms with Gasteiger partial charge in [0.2, 0.25) is 0 Å². The van der Waals surface area contributed by atoms with E-state index in [9.17, 15) is 0 Å². The number of aromatic nitrogens is 1. The summed E-state index contributed by atoms with van der Waals surface area (Å²) in [6.45, 7) is 3.18. The fourth-order valence-electron chi connectivity index (χ4n) is 4.31. The molecule has 1 spiro atoms. The second-order valence-electron chi connectivity index (χ2n) is 6.58. The van der Waals surface area contributed by atoms with Crippen LogP contribution in [0.2, 0.25) is 0 Å². The number of anilines is 1. The summed E-state index contributed by atoms with van der Waals surface area (Å²) in [5.41, 5.74) is 6.52. The fourth-order valence-corrected chi connectivity index (χ4v) is 4.31. The van der Waals surface area contributed by atoms with Crippen LogP contribution in [-0.2, 0) is 12.0 Å². The van der Waals surface area contributed by atoms with Gasteiger partial charge in [0.05, 0.1) is 0 Å². The van der Waals surface area contributed by atoms with Gasteiger partial charge in [0.25, 0.3) is 0 Å². The van der Waals surface area contributed by atoms with Gasteiger partial charge in [-0.15, -0.1) is 0 Å². The molecule has 3 heteroatoms. The van der Waals surface area contributed by atoms with Crippen molar-refractivity contribution in [1.29, 1.82) is 0 Å². The number of para-hydroxylation sites is 2. The lowest BCUT2D eigenvalue weighted by Crippen LogP contribution is -2.53. The van der Waals surface area contributed by atoms with Gasteiger partial charge in [-0.05, 0) is 31.0 Å². The van der Waals surface area contributed by atoms with Crippen LogP contribution in [0.4, 0.5) is 5.69 Å². The molecule has 3 N–H and O–H groups in total. The Morgan fingerprint density at radius 2 is 1.86 bits per heavy atom. The molecule has 0 radical (unpaired) electrons. The highest BCUT2D eigenvalue weighted by Gasteiger charge is 2.46. The minimum Gasteiger partial charge on any atom is -0.382 e. The van der Waals surface area contributed by atoms with E-state index < -0.39 is 0 Å². The summed E-state index contributed by atoms with van der Waals surface area (Å²) < 4.78 is 0.